The molecule has 7 nitrogen and oxygen atoms in total. The molecule has 8 heteroatoms. The van der Waals surface area contributed by atoms with E-state index in [0.29, 0.717) is 11.5 Å². The molecule has 0 bridgehead atoms. The lowest BCUT2D eigenvalue weighted by Gasteiger charge is -2.32. The Morgan fingerprint density at radius 2 is 1.79 bits per heavy atom. The van der Waals surface area contributed by atoms with E-state index >= 15 is 0 Å². The zero-order valence-corrected chi connectivity index (χ0v) is 17.6. The van der Waals surface area contributed by atoms with Crippen LogP contribution in [0.4, 0.5) is 0 Å². The highest BCUT2D eigenvalue weighted by molar-refractivity contribution is 5.98. The predicted molar refractivity (Wildman–Crippen MR) is 112 cm³/mol. The fraction of sp³-hybridized carbons (Fsp3) is 0.524. The SMILES string of the molecule is Cc1ccc(C(=O)CCC(=O)N2CCC(c3nnc4n3CCNC4)CC2)cc1.Cl. The van der Waals surface area contributed by atoms with Crippen molar-refractivity contribution in [3.8, 4) is 0 Å². The molecule has 1 N–H and O–H groups in total. The van der Waals surface area contributed by atoms with Gasteiger partial charge in [-0.05, 0) is 19.8 Å². The monoisotopic (exact) mass is 417 g/mol. The van der Waals surface area contributed by atoms with E-state index in [1.165, 1.54) is 0 Å². The molecule has 2 aliphatic rings. The maximum Gasteiger partial charge on any atom is 0.223 e. The van der Waals surface area contributed by atoms with Gasteiger partial charge in [-0.25, -0.2) is 0 Å². The lowest BCUT2D eigenvalue weighted by Crippen LogP contribution is -2.39. The summed E-state index contributed by atoms with van der Waals surface area (Å²) in [7, 11) is 0. The number of aromatic nitrogens is 3. The van der Waals surface area contributed by atoms with Crippen molar-refractivity contribution in [1.29, 1.82) is 0 Å². The molecule has 2 aliphatic heterocycles. The van der Waals surface area contributed by atoms with Crippen LogP contribution in [0.25, 0.3) is 0 Å². The molecule has 0 spiro atoms. The van der Waals surface area contributed by atoms with Crippen molar-refractivity contribution in [3.05, 3.63) is 47.0 Å². The number of Topliss-reactive ketones (excluding diaryl/α,β-unsaturated/α-hetero) is 1. The summed E-state index contributed by atoms with van der Waals surface area (Å²) in [5.74, 6) is 2.54. The van der Waals surface area contributed by atoms with Gasteiger partial charge in [-0.1, -0.05) is 29.8 Å². The molecule has 1 aromatic carbocycles. The second-order valence-corrected chi connectivity index (χ2v) is 7.75. The van der Waals surface area contributed by atoms with Crippen LogP contribution < -0.4 is 5.32 Å². The third-order valence-corrected chi connectivity index (χ3v) is 5.80. The van der Waals surface area contributed by atoms with Crippen LogP contribution in [-0.4, -0.2) is 51.0 Å². The Morgan fingerprint density at radius 1 is 1.07 bits per heavy atom. The average molecular weight is 418 g/mol. The summed E-state index contributed by atoms with van der Waals surface area (Å²) in [4.78, 5) is 26.7. The molecule has 0 atom stereocenters. The number of piperidine rings is 1. The molecule has 1 amide bonds. The van der Waals surface area contributed by atoms with Gasteiger partial charge in [0.2, 0.25) is 5.91 Å². The lowest BCUT2D eigenvalue weighted by molar-refractivity contribution is -0.132. The first-order valence-electron chi connectivity index (χ1n) is 10.1. The molecule has 3 heterocycles. The number of hydrogen-bond acceptors (Lipinski definition) is 5. The summed E-state index contributed by atoms with van der Waals surface area (Å²) in [6, 6.07) is 7.53. The molecule has 0 aliphatic carbocycles. The zero-order valence-electron chi connectivity index (χ0n) is 16.8. The van der Waals surface area contributed by atoms with Crippen LogP contribution in [0.5, 0.6) is 0 Å². The molecule has 0 saturated carbocycles. The summed E-state index contributed by atoms with van der Waals surface area (Å²) >= 11 is 0. The first-order valence-corrected chi connectivity index (χ1v) is 10.1. The van der Waals surface area contributed by atoms with E-state index in [-0.39, 0.29) is 36.9 Å². The van der Waals surface area contributed by atoms with Crippen LogP contribution in [0, 0.1) is 6.92 Å². The number of likely N-dealkylation sites (tertiary alicyclic amines) is 1. The molecular formula is C21H28ClN5O2. The Morgan fingerprint density at radius 3 is 2.52 bits per heavy atom. The molecule has 1 saturated heterocycles. The van der Waals surface area contributed by atoms with Crippen molar-refractivity contribution in [2.45, 2.75) is 51.6 Å². The minimum absolute atomic E-state index is 0. The number of aryl methyl sites for hydroxylation is 1. The van der Waals surface area contributed by atoms with Gasteiger partial charge in [-0.2, -0.15) is 0 Å². The number of halogens is 1. The molecule has 0 unspecified atom stereocenters. The quantitative estimate of drug-likeness (QED) is 0.756. The minimum atomic E-state index is 0. The summed E-state index contributed by atoms with van der Waals surface area (Å²) < 4.78 is 2.24. The highest BCUT2D eigenvalue weighted by Crippen LogP contribution is 2.28. The molecule has 29 heavy (non-hydrogen) atoms. The number of rotatable bonds is 5. The van der Waals surface area contributed by atoms with Crippen molar-refractivity contribution < 1.29 is 9.59 Å². The number of hydrogen-bond donors (Lipinski definition) is 1. The van der Waals surface area contributed by atoms with E-state index in [0.717, 1.165) is 62.8 Å². The maximum absolute atomic E-state index is 12.5. The maximum atomic E-state index is 12.5. The Bertz CT molecular complexity index is 856. The summed E-state index contributed by atoms with van der Waals surface area (Å²) in [6.45, 7) is 6.08. The normalized spacial score (nSPS) is 16.8. The number of nitrogens with zero attached hydrogens (tertiary/aromatic N) is 4. The Balaban J connectivity index is 0.00000240. The van der Waals surface area contributed by atoms with Gasteiger partial charge in [0.25, 0.3) is 0 Å². The minimum Gasteiger partial charge on any atom is -0.343 e. The third kappa shape index (κ3) is 4.85. The molecule has 1 aromatic heterocycles. The van der Waals surface area contributed by atoms with Crippen LogP contribution in [0.2, 0.25) is 0 Å². The first-order chi connectivity index (χ1) is 13.6. The number of carbonyl (C=O) groups is 2. The smallest absolute Gasteiger partial charge is 0.223 e. The lowest BCUT2D eigenvalue weighted by atomic mass is 9.95. The summed E-state index contributed by atoms with van der Waals surface area (Å²) in [6.07, 6.45) is 2.36. The van der Waals surface area contributed by atoms with Gasteiger partial charge in [0, 0.05) is 50.5 Å². The second-order valence-electron chi connectivity index (χ2n) is 7.75. The Hall–Kier alpha value is -2.25. The largest absolute Gasteiger partial charge is 0.343 e. The fourth-order valence-electron chi connectivity index (χ4n) is 4.07. The number of ketones is 1. The van der Waals surface area contributed by atoms with Gasteiger partial charge in [-0.3, -0.25) is 9.59 Å². The van der Waals surface area contributed by atoms with E-state index in [1.54, 1.807) is 0 Å². The fourth-order valence-corrected chi connectivity index (χ4v) is 4.07. The summed E-state index contributed by atoms with van der Waals surface area (Å²) in [5, 5.41) is 12.0. The predicted octanol–water partition coefficient (Wildman–Crippen LogP) is 2.48. The van der Waals surface area contributed by atoms with Gasteiger partial charge < -0.3 is 14.8 Å². The van der Waals surface area contributed by atoms with Crippen LogP contribution >= 0.6 is 12.4 Å². The highest BCUT2D eigenvalue weighted by atomic mass is 35.5. The number of benzene rings is 1. The number of carbonyl (C=O) groups excluding carboxylic acids is 2. The molecule has 4 rings (SSSR count). The van der Waals surface area contributed by atoms with Gasteiger partial charge in [0.15, 0.2) is 5.78 Å². The standard InChI is InChI=1S/C21H27N5O2.ClH/c1-15-2-4-16(5-3-15)18(27)6-7-20(28)25-11-8-17(9-12-25)21-24-23-19-14-22-10-13-26(19)21;/h2-5,17,22H,6-14H2,1H3;1H. The van der Waals surface area contributed by atoms with Crippen LogP contribution in [0.3, 0.4) is 0 Å². The van der Waals surface area contributed by atoms with E-state index in [1.807, 2.05) is 36.1 Å². The van der Waals surface area contributed by atoms with Crippen molar-refractivity contribution in [1.82, 2.24) is 25.0 Å². The van der Waals surface area contributed by atoms with E-state index in [9.17, 15) is 9.59 Å². The zero-order chi connectivity index (χ0) is 19.5. The van der Waals surface area contributed by atoms with Crippen LogP contribution in [0.1, 0.15) is 59.2 Å². The molecule has 2 aromatic rings. The summed E-state index contributed by atoms with van der Waals surface area (Å²) in [5.41, 5.74) is 1.81. The van der Waals surface area contributed by atoms with Crippen LogP contribution in [0.15, 0.2) is 24.3 Å². The van der Waals surface area contributed by atoms with E-state index in [2.05, 4.69) is 20.1 Å². The van der Waals surface area contributed by atoms with E-state index in [4.69, 9.17) is 0 Å². The van der Waals surface area contributed by atoms with Gasteiger partial charge in [-0.15, -0.1) is 22.6 Å². The first kappa shape index (κ1) is 21.5. The van der Waals surface area contributed by atoms with Gasteiger partial charge >= 0.3 is 0 Å². The number of amides is 1. The molecule has 0 radical (unpaired) electrons. The van der Waals surface area contributed by atoms with E-state index < -0.39 is 0 Å². The molecule has 1 fully saturated rings. The topological polar surface area (TPSA) is 80.1 Å². The average Bonchev–Trinajstić information content (AvgIpc) is 3.16. The highest BCUT2D eigenvalue weighted by Gasteiger charge is 2.28. The number of fused-ring (bicyclic) bond motifs is 1. The number of nitrogens with one attached hydrogen (secondary N) is 1. The van der Waals surface area contributed by atoms with Crippen molar-refractivity contribution in [2.75, 3.05) is 19.6 Å². The van der Waals surface area contributed by atoms with Crippen molar-refractivity contribution in [2.24, 2.45) is 0 Å². The van der Waals surface area contributed by atoms with Crippen molar-refractivity contribution >= 4 is 24.1 Å². The Labute approximate surface area is 177 Å². The second kappa shape index (κ2) is 9.50. The van der Waals surface area contributed by atoms with Crippen molar-refractivity contribution in [3.63, 3.8) is 0 Å². The van der Waals surface area contributed by atoms with Gasteiger partial charge in [0.1, 0.15) is 11.6 Å². The third-order valence-electron chi connectivity index (χ3n) is 5.80. The Kier molecular flexibility index (Phi) is 7.03. The van der Waals surface area contributed by atoms with Crippen LogP contribution in [-0.2, 0) is 17.9 Å². The molecular weight excluding hydrogens is 390 g/mol. The van der Waals surface area contributed by atoms with Gasteiger partial charge in [0.05, 0.1) is 6.54 Å². The molecule has 156 valence electrons.